The van der Waals surface area contributed by atoms with Crippen molar-refractivity contribution in [2.24, 2.45) is 0 Å². The van der Waals surface area contributed by atoms with E-state index in [2.05, 4.69) is 15.4 Å². The topological polar surface area (TPSA) is 75.2 Å². The van der Waals surface area contributed by atoms with E-state index < -0.39 is 5.91 Å². The van der Waals surface area contributed by atoms with Crippen LogP contribution in [0.3, 0.4) is 0 Å². The summed E-state index contributed by atoms with van der Waals surface area (Å²) in [6.07, 6.45) is 2.99. The maximum Gasteiger partial charge on any atom is 0.280 e. The molecule has 0 unspecified atom stereocenters. The van der Waals surface area contributed by atoms with Crippen molar-refractivity contribution in [3.63, 3.8) is 0 Å². The van der Waals surface area contributed by atoms with Crippen LogP contribution in [-0.2, 0) is 4.79 Å². The first-order valence-corrected chi connectivity index (χ1v) is 7.82. The van der Waals surface area contributed by atoms with Gasteiger partial charge in [0.05, 0.1) is 15.3 Å². The minimum Gasteiger partial charge on any atom is -0.274 e. The number of aromatic nitrogens is 2. The summed E-state index contributed by atoms with van der Waals surface area (Å²) in [5, 5.41) is 1.93. The average molecular weight is 347 g/mol. The van der Waals surface area contributed by atoms with E-state index in [0.29, 0.717) is 21.2 Å². The number of pyridine rings is 1. The van der Waals surface area contributed by atoms with E-state index >= 15 is 0 Å². The number of amides is 2. The van der Waals surface area contributed by atoms with Gasteiger partial charge < -0.3 is 0 Å². The number of benzene rings is 1. The quantitative estimate of drug-likeness (QED) is 0.724. The molecule has 0 aliphatic rings. The summed E-state index contributed by atoms with van der Waals surface area (Å²) in [7, 11) is 0. The number of hydrazine groups is 1. The molecule has 116 valence electrons. The van der Waals surface area contributed by atoms with Crippen LogP contribution in [0.25, 0.3) is 10.2 Å². The van der Waals surface area contributed by atoms with Crippen LogP contribution in [0.5, 0.6) is 0 Å². The fourth-order valence-corrected chi connectivity index (χ4v) is 3.19. The second-order valence-corrected chi connectivity index (χ2v) is 6.05. The molecule has 2 amide bonds. The highest BCUT2D eigenvalue weighted by molar-refractivity contribution is 7.22. The van der Waals surface area contributed by atoms with Crippen LogP contribution in [0.4, 0.5) is 5.13 Å². The normalized spacial score (nSPS) is 10.5. The Morgan fingerprint density at radius 3 is 2.74 bits per heavy atom. The first-order valence-electron chi connectivity index (χ1n) is 6.63. The van der Waals surface area contributed by atoms with E-state index in [9.17, 15) is 9.59 Å². The first-order chi connectivity index (χ1) is 11.1. The molecule has 0 atom stereocenters. The molecule has 0 bridgehead atoms. The van der Waals surface area contributed by atoms with E-state index in [-0.39, 0.29) is 5.91 Å². The zero-order valence-corrected chi connectivity index (χ0v) is 13.6. The molecule has 2 aromatic heterocycles. The van der Waals surface area contributed by atoms with Crippen molar-refractivity contribution in [1.82, 2.24) is 15.4 Å². The van der Waals surface area contributed by atoms with E-state index in [1.807, 2.05) is 6.07 Å². The maximum absolute atomic E-state index is 12.6. The molecule has 23 heavy (non-hydrogen) atoms. The number of carbonyl (C=O) groups excluding carboxylic acids is 2. The molecule has 0 radical (unpaired) electrons. The van der Waals surface area contributed by atoms with Crippen molar-refractivity contribution in [2.45, 2.75) is 6.92 Å². The minimum absolute atomic E-state index is 0.331. The molecule has 0 spiro atoms. The fourth-order valence-electron chi connectivity index (χ4n) is 1.96. The number of hydrogen-bond acceptors (Lipinski definition) is 5. The van der Waals surface area contributed by atoms with Gasteiger partial charge in [-0.3, -0.25) is 20.0 Å². The van der Waals surface area contributed by atoms with Crippen molar-refractivity contribution < 1.29 is 9.59 Å². The number of thiazole rings is 1. The molecule has 0 aliphatic carbocycles. The smallest absolute Gasteiger partial charge is 0.274 e. The Morgan fingerprint density at radius 1 is 1.26 bits per heavy atom. The number of hydrogen-bond donors (Lipinski definition) is 1. The third-order valence-corrected chi connectivity index (χ3v) is 4.24. The van der Waals surface area contributed by atoms with Crippen molar-refractivity contribution in [3.8, 4) is 0 Å². The predicted octanol–water partition coefficient (Wildman–Crippen LogP) is 3.04. The van der Waals surface area contributed by atoms with Crippen LogP contribution in [0.15, 0.2) is 42.7 Å². The highest BCUT2D eigenvalue weighted by atomic mass is 35.5. The molecule has 0 saturated carbocycles. The van der Waals surface area contributed by atoms with Crippen LogP contribution < -0.4 is 10.4 Å². The van der Waals surface area contributed by atoms with Gasteiger partial charge in [0.15, 0.2) is 0 Å². The first kappa shape index (κ1) is 15.4. The molecule has 2 heterocycles. The van der Waals surface area contributed by atoms with Gasteiger partial charge in [0.25, 0.3) is 5.91 Å². The van der Waals surface area contributed by atoms with Crippen molar-refractivity contribution in [3.05, 3.63) is 53.3 Å². The van der Waals surface area contributed by atoms with Crippen LogP contribution in [0.2, 0.25) is 5.02 Å². The Hall–Kier alpha value is -2.51. The summed E-state index contributed by atoms with van der Waals surface area (Å²) < 4.78 is 0.821. The summed E-state index contributed by atoms with van der Waals surface area (Å²) in [6.45, 7) is 1.32. The molecule has 3 aromatic rings. The third-order valence-electron chi connectivity index (χ3n) is 2.93. The van der Waals surface area contributed by atoms with Crippen LogP contribution in [0, 0.1) is 0 Å². The number of carbonyl (C=O) groups is 2. The number of anilines is 1. The summed E-state index contributed by atoms with van der Waals surface area (Å²) in [5.41, 5.74) is 3.42. The number of halogens is 1. The molecule has 1 N–H and O–H groups in total. The SMILES string of the molecule is CC(=O)NN(C(=O)c1cccnc1)c1nc2c(Cl)cccc2s1. The largest absolute Gasteiger partial charge is 0.280 e. The fraction of sp³-hybridized carbons (Fsp3) is 0.0667. The Bertz CT molecular complexity index is 882. The van der Waals surface area contributed by atoms with Gasteiger partial charge in [0, 0.05) is 19.3 Å². The molecular formula is C15H11ClN4O2S. The van der Waals surface area contributed by atoms with Gasteiger partial charge in [-0.1, -0.05) is 29.0 Å². The minimum atomic E-state index is -0.427. The number of rotatable bonds is 2. The van der Waals surface area contributed by atoms with Crippen LogP contribution in [-0.4, -0.2) is 21.8 Å². The molecule has 6 nitrogen and oxygen atoms in total. The molecule has 1 aromatic carbocycles. The summed E-state index contributed by atoms with van der Waals surface area (Å²) in [4.78, 5) is 32.4. The number of nitrogens with zero attached hydrogens (tertiary/aromatic N) is 3. The van der Waals surface area contributed by atoms with Gasteiger partial charge in [-0.25, -0.2) is 4.98 Å². The zero-order chi connectivity index (χ0) is 16.4. The zero-order valence-electron chi connectivity index (χ0n) is 12.0. The monoisotopic (exact) mass is 346 g/mol. The highest BCUT2D eigenvalue weighted by Crippen LogP contribution is 2.32. The van der Waals surface area contributed by atoms with Gasteiger partial charge in [-0.05, 0) is 24.3 Å². The maximum atomic E-state index is 12.6. The van der Waals surface area contributed by atoms with E-state index in [1.165, 1.54) is 24.5 Å². The Morgan fingerprint density at radius 2 is 2.09 bits per heavy atom. The molecule has 8 heteroatoms. The third kappa shape index (κ3) is 3.15. The second kappa shape index (κ2) is 6.31. The lowest BCUT2D eigenvalue weighted by Gasteiger charge is -2.19. The Labute approximate surface area is 140 Å². The number of nitrogens with one attached hydrogen (secondary N) is 1. The summed E-state index contributed by atoms with van der Waals surface area (Å²) >= 11 is 7.38. The lowest BCUT2D eigenvalue weighted by Crippen LogP contribution is -2.45. The molecule has 0 saturated heterocycles. The summed E-state index contributed by atoms with van der Waals surface area (Å²) in [6, 6.07) is 8.64. The van der Waals surface area contributed by atoms with Crippen molar-refractivity contribution >= 4 is 50.1 Å². The van der Waals surface area contributed by atoms with Crippen LogP contribution >= 0.6 is 22.9 Å². The average Bonchev–Trinajstić information content (AvgIpc) is 2.98. The van der Waals surface area contributed by atoms with Gasteiger partial charge in [0.1, 0.15) is 5.52 Å². The lowest BCUT2D eigenvalue weighted by atomic mass is 10.3. The van der Waals surface area contributed by atoms with E-state index in [4.69, 9.17) is 11.6 Å². The molecular weight excluding hydrogens is 336 g/mol. The molecule has 3 rings (SSSR count). The number of fused-ring (bicyclic) bond motifs is 1. The van der Waals surface area contributed by atoms with Gasteiger partial charge in [-0.2, -0.15) is 5.01 Å². The van der Waals surface area contributed by atoms with Crippen molar-refractivity contribution in [2.75, 3.05) is 5.01 Å². The Balaban J connectivity index is 2.06. The van der Waals surface area contributed by atoms with Crippen molar-refractivity contribution in [1.29, 1.82) is 0 Å². The van der Waals surface area contributed by atoms with Gasteiger partial charge in [-0.15, -0.1) is 0 Å². The van der Waals surface area contributed by atoms with E-state index in [1.54, 1.807) is 30.5 Å². The number of para-hydroxylation sites is 1. The second-order valence-electron chi connectivity index (χ2n) is 4.63. The molecule has 0 fully saturated rings. The van der Waals surface area contributed by atoms with Gasteiger partial charge in [0.2, 0.25) is 11.0 Å². The Kier molecular flexibility index (Phi) is 4.22. The predicted molar refractivity (Wildman–Crippen MR) is 89.5 cm³/mol. The molecule has 0 aliphatic heterocycles. The summed E-state index contributed by atoms with van der Waals surface area (Å²) in [5.74, 6) is -0.809. The highest BCUT2D eigenvalue weighted by Gasteiger charge is 2.23. The lowest BCUT2D eigenvalue weighted by molar-refractivity contribution is -0.119. The van der Waals surface area contributed by atoms with E-state index in [0.717, 1.165) is 9.71 Å². The van der Waals surface area contributed by atoms with Crippen LogP contribution in [0.1, 0.15) is 17.3 Å². The standard InChI is InChI=1S/C15H11ClN4O2S/c1-9(21)19-20(14(22)10-4-3-7-17-8-10)15-18-13-11(16)5-2-6-12(13)23-15/h2-8H,1H3,(H,19,21). The van der Waals surface area contributed by atoms with Gasteiger partial charge >= 0.3 is 0 Å².